The van der Waals surface area contributed by atoms with Crippen LogP contribution < -0.4 is 10.6 Å². The van der Waals surface area contributed by atoms with E-state index in [-0.39, 0.29) is 0 Å². The lowest BCUT2D eigenvalue weighted by molar-refractivity contribution is 0.0664. The minimum Gasteiger partial charge on any atom is -0.381 e. The van der Waals surface area contributed by atoms with Crippen molar-refractivity contribution in [2.75, 3.05) is 39.4 Å². The van der Waals surface area contributed by atoms with Crippen LogP contribution in [0, 0.1) is 5.92 Å². The second-order valence-electron chi connectivity index (χ2n) is 4.01. The fraction of sp³-hybridized carbons (Fsp3) is 1.00. The van der Waals surface area contributed by atoms with Gasteiger partial charge in [-0.05, 0) is 38.3 Å². The van der Waals surface area contributed by atoms with E-state index in [0.29, 0.717) is 0 Å². The van der Waals surface area contributed by atoms with Crippen LogP contribution in [0.25, 0.3) is 0 Å². The van der Waals surface area contributed by atoms with Crippen molar-refractivity contribution < 1.29 is 4.74 Å². The molecular formula is C11H24N2O. The van der Waals surface area contributed by atoms with Gasteiger partial charge in [0, 0.05) is 26.3 Å². The summed E-state index contributed by atoms with van der Waals surface area (Å²) in [5, 5.41) is 6.88. The van der Waals surface area contributed by atoms with Crippen molar-refractivity contribution in [1.29, 1.82) is 0 Å². The number of nitrogens with one attached hydrogen (secondary N) is 2. The molecule has 0 saturated carbocycles. The Morgan fingerprint density at radius 2 is 1.79 bits per heavy atom. The summed E-state index contributed by atoms with van der Waals surface area (Å²) in [6.07, 6.45) is 3.69. The molecule has 0 aliphatic carbocycles. The SMILES string of the molecule is CCCNCCNCC1CCOCC1. The van der Waals surface area contributed by atoms with Gasteiger partial charge in [0.15, 0.2) is 0 Å². The number of rotatable bonds is 7. The van der Waals surface area contributed by atoms with Gasteiger partial charge in [-0.15, -0.1) is 0 Å². The Balaban J connectivity index is 1.82. The standard InChI is InChI=1S/C11H24N2O/c1-2-5-12-6-7-13-10-11-3-8-14-9-4-11/h11-13H,2-10H2,1H3. The first-order valence-corrected chi connectivity index (χ1v) is 5.92. The molecule has 0 aromatic heterocycles. The summed E-state index contributed by atoms with van der Waals surface area (Å²) < 4.78 is 5.32. The van der Waals surface area contributed by atoms with E-state index in [1.54, 1.807) is 0 Å². The first-order valence-electron chi connectivity index (χ1n) is 5.92. The zero-order chi connectivity index (χ0) is 10.1. The number of hydrogen-bond acceptors (Lipinski definition) is 3. The second-order valence-corrected chi connectivity index (χ2v) is 4.01. The predicted molar refractivity (Wildman–Crippen MR) is 59.6 cm³/mol. The predicted octanol–water partition coefficient (Wildman–Crippen LogP) is 1.00. The molecule has 0 spiro atoms. The third kappa shape index (κ3) is 5.58. The molecule has 84 valence electrons. The third-order valence-electron chi connectivity index (χ3n) is 2.68. The molecule has 3 nitrogen and oxygen atoms in total. The first-order chi connectivity index (χ1) is 6.93. The van der Waals surface area contributed by atoms with Crippen molar-refractivity contribution in [2.24, 2.45) is 5.92 Å². The van der Waals surface area contributed by atoms with Crippen molar-refractivity contribution in [2.45, 2.75) is 26.2 Å². The van der Waals surface area contributed by atoms with Crippen LogP contribution in [0.4, 0.5) is 0 Å². The molecule has 1 aliphatic heterocycles. The number of ether oxygens (including phenoxy) is 1. The smallest absolute Gasteiger partial charge is 0.0469 e. The van der Waals surface area contributed by atoms with Crippen molar-refractivity contribution in [3.8, 4) is 0 Å². The monoisotopic (exact) mass is 200 g/mol. The maximum atomic E-state index is 5.32. The molecule has 0 bridgehead atoms. The minimum atomic E-state index is 0.843. The Kier molecular flexibility index (Phi) is 7.01. The quantitative estimate of drug-likeness (QED) is 0.602. The lowest BCUT2D eigenvalue weighted by Gasteiger charge is -2.22. The summed E-state index contributed by atoms with van der Waals surface area (Å²) in [6, 6.07) is 0. The molecule has 3 heteroatoms. The van der Waals surface area contributed by atoms with Crippen LogP contribution in [0.5, 0.6) is 0 Å². The highest BCUT2D eigenvalue weighted by atomic mass is 16.5. The molecular weight excluding hydrogens is 176 g/mol. The molecule has 0 unspecified atom stereocenters. The van der Waals surface area contributed by atoms with Gasteiger partial charge in [-0.3, -0.25) is 0 Å². The summed E-state index contributed by atoms with van der Waals surface area (Å²) in [6.45, 7) is 8.61. The molecule has 1 heterocycles. The van der Waals surface area contributed by atoms with E-state index in [0.717, 1.165) is 45.3 Å². The molecule has 1 saturated heterocycles. The van der Waals surface area contributed by atoms with Crippen molar-refractivity contribution in [3.63, 3.8) is 0 Å². The van der Waals surface area contributed by atoms with E-state index in [4.69, 9.17) is 4.74 Å². The number of hydrogen-bond donors (Lipinski definition) is 2. The average molecular weight is 200 g/mol. The fourth-order valence-corrected chi connectivity index (χ4v) is 1.74. The molecule has 0 amide bonds. The van der Waals surface area contributed by atoms with Crippen LogP contribution in [-0.4, -0.2) is 39.4 Å². The lowest BCUT2D eigenvalue weighted by Crippen LogP contribution is -2.33. The van der Waals surface area contributed by atoms with Gasteiger partial charge in [0.25, 0.3) is 0 Å². The summed E-state index contributed by atoms with van der Waals surface area (Å²) in [5.74, 6) is 0.843. The summed E-state index contributed by atoms with van der Waals surface area (Å²) in [5.41, 5.74) is 0. The van der Waals surface area contributed by atoms with Crippen molar-refractivity contribution >= 4 is 0 Å². The van der Waals surface area contributed by atoms with Gasteiger partial charge in [0.05, 0.1) is 0 Å². The Morgan fingerprint density at radius 1 is 1.07 bits per heavy atom. The molecule has 0 atom stereocenters. The second kappa shape index (κ2) is 8.21. The zero-order valence-corrected chi connectivity index (χ0v) is 9.35. The highest BCUT2D eigenvalue weighted by Crippen LogP contribution is 2.12. The van der Waals surface area contributed by atoms with Crippen LogP contribution in [0.15, 0.2) is 0 Å². The molecule has 0 radical (unpaired) electrons. The Labute approximate surface area is 87.6 Å². The third-order valence-corrected chi connectivity index (χ3v) is 2.68. The highest BCUT2D eigenvalue weighted by molar-refractivity contribution is 4.66. The van der Waals surface area contributed by atoms with Gasteiger partial charge in [-0.25, -0.2) is 0 Å². The van der Waals surface area contributed by atoms with Crippen molar-refractivity contribution in [1.82, 2.24) is 10.6 Å². The Bertz CT molecular complexity index is 124. The van der Waals surface area contributed by atoms with E-state index in [2.05, 4.69) is 17.6 Å². The van der Waals surface area contributed by atoms with Crippen LogP contribution in [0.2, 0.25) is 0 Å². The Morgan fingerprint density at radius 3 is 2.50 bits per heavy atom. The van der Waals surface area contributed by atoms with Gasteiger partial charge < -0.3 is 15.4 Å². The van der Waals surface area contributed by atoms with Crippen LogP contribution in [0.1, 0.15) is 26.2 Å². The van der Waals surface area contributed by atoms with Crippen LogP contribution in [0.3, 0.4) is 0 Å². The normalized spacial score (nSPS) is 18.6. The van der Waals surface area contributed by atoms with Gasteiger partial charge in [0.1, 0.15) is 0 Å². The molecule has 2 N–H and O–H groups in total. The molecule has 1 rings (SSSR count). The van der Waals surface area contributed by atoms with Gasteiger partial charge in [-0.2, -0.15) is 0 Å². The molecule has 1 fully saturated rings. The lowest BCUT2D eigenvalue weighted by atomic mass is 10.0. The largest absolute Gasteiger partial charge is 0.381 e. The average Bonchev–Trinajstić information content (AvgIpc) is 2.25. The zero-order valence-electron chi connectivity index (χ0n) is 9.35. The molecule has 1 aliphatic rings. The van der Waals surface area contributed by atoms with Gasteiger partial charge in [-0.1, -0.05) is 6.92 Å². The van der Waals surface area contributed by atoms with Gasteiger partial charge in [0.2, 0.25) is 0 Å². The van der Waals surface area contributed by atoms with Crippen LogP contribution in [-0.2, 0) is 4.74 Å². The maximum Gasteiger partial charge on any atom is 0.0469 e. The van der Waals surface area contributed by atoms with E-state index in [1.165, 1.54) is 19.3 Å². The van der Waals surface area contributed by atoms with Crippen molar-refractivity contribution in [3.05, 3.63) is 0 Å². The van der Waals surface area contributed by atoms with E-state index >= 15 is 0 Å². The van der Waals surface area contributed by atoms with Gasteiger partial charge >= 0.3 is 0 Å². The van der Waals surface area contributed by atoms with E-state index < -0.39 is 0 Å². The summed E-state index contributed by atoms with van der Waals surface area (Å²) in [7, 11) is 0. The minimum absolute atomic E-state index is 0.843. The molecule has 0 aromatic rings. The fourth-order valence-electron chi connectivity index (χ4n) is 1.74. The first kappa shape index (κ1) is 12.0. The van der Waals surface area contributed by atoms with E-state index in [9.17, 15) is 0 Å². The summed E-state index contributed by atoms with van der Waals surface area (Å²) >= 11 is 0. The summed E-state index contributed by atoms with van der Waals surface area (Å²) in [4.78, 5) is 0. The Hall–Kier alpha value is -0.120. The molecule has 14 heavy (non-hydrogen) atoms. The molecule has 0 aromatic carbocycles. The van der Waals surface area contributed by atoms with Crippen LogP contribution >= 0.6 is 0 Å². The van der Waals surface area contributed by atoms with E-state index in [1.807, 2.05) is 0 Å². The highest BCUT2D eigenvalue weighted by Gasteiger charge is 2.12. The maximum absolute atomic E-state index is 5.32. The topological polar surface area (TPSA) is 33.3 Å².